The van der Waals surface area contributed by atoms with Crippen LogP contribution in [0.1, 0.15) is 20.3 Å². The standard InChI is InChI=1S/C15H19Cl2NO4/c1-4-18(8-7-14(19)21-3)15(20)10(2)22-13-6-5-11(16)9-12(13)17/h5-6,9-10H,4,7-8H2,1-3H3/t10-/m0/s1. The molecule has 0 N–H and O–H groups in total. The molecule has 5 nitrogen and oxygen atoms in total. The van der Waals surface area contributed by atoms with Crippen LogP contribution >= 0.6 is 23.2 Å². The van der Waals surface area contributed by atoms with Crippen LogP contribution in [0.15, 0.2) is 18.2 Å². The van der Waals surface area contributed by atoms with Gasteiger partial charge in [-0.3, -0.25) is 9.59 Å². The molecule has 0 aliphatic rings. The van der Waals surface area contributed by atoms with E-state index in [0.29, 0.717) is 22.3 Å². The molecule has 1 amide bonds. The fraction of sp³-hybridized carbons (Fsp3) is 0.467. The van der Waals surface area contributed by atoms with Crippen molar-refractivity contribution in [1.29, 1.82) is 0 Å². The largest absolute Gasteiger partial charge is 0.479 e. The molecular weight excluding hydrogens is 329 g/mol. The van der Waals surface area contributed by atoms with Crippen molar-refractivity contribution >= 4 is 35.1 Å². The van der Waals surface area contributed by atoms with Crippen molar-refractivity contribution in [3.05, 3.63) is 28.2 Å². The van der Waals surface area contributed by atoms with E-state index in [-0.39, 0.29) is 24.8 Å². The Morgan fingerprint density at radius 2 is 2.00 bits per heavy atom. The molecule has 0 spiro atoms. The van der Waals surface area contributed by atoms with Gasteiger partial charge in [0.05, 0.1) is 18.6 Å². The summed E-state index contributed by atoms with van der Waals surface area (Å²) in [4.78, 5) is 25.0. The Labute approximate surface area is 140 Å². The van der Waals surface area contributed by atoms with Gasteiger partial charge in [-0.15, -0.1) is 0 Å². The first-order chi connectivity index (χ1) is 10.4. The van der Waals surface area contributed by atoms with Crippen LogP contribution in [0.5, 0.6) is 5.75 Å². The van der Waals surface area contributed by atoms with E-state index < -0.39 is 6.10 Å². The summed E-state index contributed by atoms with van der Waals surface area (Å²) in [5.74, 6) is -0.200. The first-order valence-corrected chi connectivity index (χ1v) is 7.62. The van der Waals surface area contributed by atoms with Crippen LogP contribution in [0.4, 0.5) is 0 Å². The Balaban J connectivity index is 2.67. The van der Waals surface area contributed by atoms with E-state index in [4.69, 9.17) is 27.9 Å². The molecule has 0 unspecified atom stereocenters. The Morgan fingerprint density at radius 1 is 1.32 bits per heavy atom. The van der Waals surface area contributed by atoms with Gasteiger partial charge in [0.25, 0.3) is 5.91 Å². The minimum Gasteiger partial charge on any atom is -0.479 e. The minimum absolute atomic E-state index is 0.143. The fourth-order valence-electron chi connectivity index (χ4n) is 1.82. The summed E-state index contributed by atoms with van der Waals surface area (Å²) in [6.07, 6.45) is -0.582. The summed E-state index contributed by atoms with van der Waals surface area (Å²) in [7, 11) is 1.31. The molecule has 1 rings (SSSR count). The Hall–Kier alpha value is -1.46. The summed E-state index contributed by atoms with van der Waals surface area (Å²) in [6.45, 7) is 4.22. The number of nitrogens with zero attached hydrogens (tertiary/aromatic N) is 1. The predicted octanol–water partition coefficient (Wildman–Crippen LogP) is 3.17. The van der Waals surface area contributed by atoms with E-state index in [9.17, 15) is 9.59 Å². The Bertz CT molecular complexity index is 536. The number of amides is 1. The van der Waals surface area contributed by atoms with Crippen LogP contribution in [-0.4, -0.2) is 43.1 Å². The highest BCUT2D eigenvalue weighted by Gasteiger charge is 2.22. The summed E-state index contributed by atoms with van der Waals surface area (Å²) >= 11 is 11.8. The van der Waals surface area contributed by atoms with Gasteiger partial charge in [-0.2, -0.15) is 0 Å². The molecular formula is C15H19Cl2NO4. The second kappa shape index (κ2) is 8.86. The van der Waals surface area contributed by atoms with Crippen molar-refractivity contribution in [2.75, 3.05) is 20.2 Å². The number of carbonyl (C=O) groups is 2. The average Bonchev–Trinajstić information content (AvgIpc) is 2.49. The van der Waals surface area contributed by atoms with Gasteiger partial charge >= 0.3 is 5.97 Å². The molecule has 7 heteroatoms. The topological polar surface area (TPSA) is 55.8 Å². The number of rotatable bonds is 7. The Morgan fingerprint density at radius 3 is 2.55 bits per heavy atom. The van der Waals surface area contributed by atoms with E-state index in [1.165, 1.54) is 12.0 Å². The van der Waals surface area contributed by atoms with Crippen LogP contribution in [0.2, 0.25) is 10.0 Å². The number of ether oxygens (including phenoxy) is 2. The number of likely N-dealkylation sites (N-methyl/N-ethyl adjacent to an activating group) is 1. The van der Waals surface area contributed by atoms with Crippen LogP contribution in [-0.2, 0) is 14.3 Å². The van der Waals surface area contributed by atoms with Gasteiger partial charge < -0.3 is 14.4 Å². The molecule has 1 aromatic rings. The zero-order chi connectivity index (χ0) is 16.7. The number of hydrogen-bond donors (Lipinski definition) is 0. The van der Waals surface area contributed by atoms with Gasteiger partial charge in [-0.05, 0) is 32.0 Å². The number of hydrogen-bond acceptors (Lipinski definition) is 4. The number of methoxy groups -OCH3 is 1. The normalized spacial score (nSPS) is 11.7. The van der Waals surface area contributed by atoms with Gasteiger partial charge in [0, 0.05) is 18.1 Å². The van der Waals surface area contributed by atoms with Crippen molar-refractivity contribution in [2.45, 2.75) is 26.4 Å². The third kappa shape index (κ3) is 5.39. The summed E-state index contributed by atoms with van der Waals surface area (Å²) in [6, 6.07) is 4.79. The van der Waals surface area contributed by atoms with E-state index in [1.807, 2.05) is 6.92 Å². The maximum atomic E-state index is 12.3. The van der Waals surface area contributed by atoms with Crippen molar-refractivity contribution in [2.24, 2.45) is 0 Å². The second-order valence-corrected chi connectivity index (χ2v) is 5.42. The third-order valence-corrected chi connectivity index (χ3v) is 3.58. The van der Waals surface area contributed by atoms with Crippen molar-refractivity contribution in [3.63, 3.8) is 0 Å². The molecule has 0 aliphatic carbocycles. The smallest absolute Gasteiger partial charge is 0.307 e. The first-order valence-electron chi connectivity index (χ1n) is 6.86. The number of benzene rings is 1. The molecule has 0 radical (unpaired) electrons. The molecule has 0 heterocycles. The lowest BCUT2D eigenvalue weighted by atomic mass is 10.3. The van der Waals surface area contributed by atoms with Gasteiger partial charge in [-0.1, -0.05) is 23.2 Å². The summed E-state index contributed by atoms with van der Waals surface area (Å²) < 4.78 is 10.1. The lowest BCUT2D eigenvalue weighted by Crippen LogP contribution is -2.41. The second-order valence-electron chi connectivity index (χ2n) is 4.58. The van der Waals surface area contributed by atoms with E-state index >= 15 is 0 Å². The van der Waals surface area contributed by atoms with Crippen molar-refractivity contribution in [3.8, 4) is 5.75 Å². The van der Waals surface area contributed by atoms with Crippen LogP contribution < -0.4 is 4.74 Å². The summed E-state index contributed by atoms with van der Waals surface area (Å²) in [5.41, 5.74) is 0. The molecule has 1 atom stereocenters. The highest BCUT2D eigenvalue weighted by atomic mass is 35.5. The number of carbonyl (C=O) groups excluding carboxylic acids is 2. The molecule has 122 valence electrons. The van der Waals surface area contributed by atoms with Crippen LogP contribution in [0.25, 0.3) is 0 Å². The van der Waals surface area contributed by atoms with Gasteiger partial charge in [-0.25, -0.2) is 0 Å². The zero-order valence-electron chi connectivity index (χ0n) is 12.8. The molecule has 0 saturated carbocycles. The van der Waals surface area contributed by atoms with Gasteiger partial charge in [0.2, 0.25) is 0 Å². The third-order valence-electron chi connectivity index (χ3n) is 3.05. The van der Waals surface area contributed by atoms with Gasteiger partial charge in [0.15, 0.2) is 6.10 Å². The monoisotopic (exact) mass is 347 g/mol. The minimum atomic E-state index is -0.726. The Kier molecular flexibility index (Phi) is 7.48. The lowest BCUT2D eigenvalue weighted by molar-refractivity contribution is -0.143. The lowest BCUT2D eigenvalue weighted by Gasteiger charge is -2.24. The predicted molar refractivity (Wildman–Crippen MR) is 85.4 cm³/mol. The van der Waals surface area contributed by atoms with Crippen LogP contribution in [0.3, 0.4) is 0 Å². The quantitative estimate of drug-likeness (QED) is 0.711. The number of esters is 1. The van der Waals surface area contributed by atoms with E-state index in [2.05, 4.69) is 4.74 Å². The SMILES string of the molecule is CCN(CCC(=O)OC)C(=O)[C@H](C)Oc1ccc(Cl)cc1Cl. The molecule has 0 bridgehead atoms. The fourth-order valence-corrected chi connectivity index (χ4v) is 2.27. The zero-order valence-corrected chi connectivity index (χ0v) is 14.3. The molecule has 0 saturated heterocycles. The molecule has 0 aromatic heterocycles. The maximum absolute atomic E-state index is 12.3. The number of halogens is 2. The molecule has 0 fully saturated rings. The van der Waals surface area contributed by atoms with E-state index in [0.717, 1.165) is 0 Å². The molecule has 22 heavy (non-hydrogen) atoms. The molecule has 0 aliphatic heterocycles. The average molecular weight is 348 g/mol. The summed E-state index contributed by atoms with van der Waals surface area (Å²) in [5, 5.41) is 0.828. The van der Waals surface area contributed by atoms with Gasteiger partial charge in [0.1, 0.15) is 5.75 Å². The maximum Gasteiger partial charge on any atom is 0.307 e. The highest BCUT2D eigenvalue weighted by molar-refractivity contribution is 6.35. The van der Waals surface area contributed by atoms with Crippen molar-refractivity contribution in [1.82, 2.24) is 4.90 Å². The first kappa shape index (κ1) is 18.6. The highest BCUT2D eigenvalue weighted by Crippen LogP contribution is 2.28. The molecule has 1 aromatic carbocycles. The van der Waals surface area contributed by atoms with Crippen LogP contribution in [0, 0.1) is 0 Å². The van der Waals surface area contributed by atoms with E-state index in [1.54, 1.807) is 25.1 Å². The van der Waals surface area contributed by atoms with Crippen molar-refractivity contribution < 1.29 is 19.1 Å².